The van der Waals surface area contributed by atoms with Gasteiger partial charge in [-0.1, -0.05) is 0 Å². The van der Waals surface area contributed by atoms with Gasteiger partial charge in [0.1, 0.15) is 0 Å². The van der Waals surface area contributed by atoms with Crippen LogP contribution in [0, 0.1) is 0 Å². The summed E-state index contributed by atoms with van der Waals surface area (Å²) in [5.41, 5.74) is 0. The number of ether oxygens (including phenoxy) is 1. The predicted molar refractivity (Wildman–Crippen MR) is 29.1 cm³/mol. The van der Waals surface area contributed by atoms with Crippen molar-refractivity contribution in [1.82, 2.24) is 0 Å². The lowest BCUT2D eigenvalue weighted by molar-refractivity contribution is -0.309. The first kappa shape index (κ1) is 13.9. The summed E-state index contributed by atoms with van der Waals surface area (Å²) >= 11 is 0. The van der Waals surface area contributed by atoms with Crippen molar-refractivity contribution in [2.45, 2.75) is 24.8 Å². The molecular formula is C5H3F7O3. The fourth-order valence-corrected chi connectivity index (χ4v) is 0.389. The maximum atomic E-state index is 12.2. The Balaban J connectivity index is 4.58. The summed E-state index contributed by atoms with van der Waals surface area (Å²) in [7, 11) is 0. The van der Waals surface area contributed by atoms with Crippen LogP contribution in [0.1, 0.15) is 0 Å². The second kappa shape index (κ2) is 4.21. The van der Waals surface area contributed by atoms with E-state index in [9.17, 15) is 35.5 Å². The van der Waals surface area contributed by atoms with Crippen LogP contribution in [0.4, 0.5) is 30.7 Å². The molecule has 0 radical (unpaired) electrons. The van der Waals surface area contributed by atoms with E-state index in [1.54, 1.807) is 0 Å². The third-order valence-electron chi connectivity index (χ3n) is 1.04. The van der Waals surface area contributed by atoms with Crippen LogP contribution in [0.3, 0.4) is 0 Å². The molecule has 0 fully saturated rings. The van der Waals surface area contributed by atoms with Gasteiger partial charge in [0.15, 0.2) is 0 Å². The van der Waals surface area contributed by atoms with Crippen molar-refractivity contribution in [3.8, 4) is 0 Å². The number of aliphatic hydroxyl groups excluding tert-OH is 1. The summed E-state index contributed by atoms with van der Waals surface area (Å²) in [4.78, 5) is 9.82. The summed E-state index contributed by atoms with van der Waals surface area (Å²) in [5, 5.41) is 8.02. The van der Waals surface area contributed by atoms with E-state index in [-0.39, 0.29) is 0 Å². The monoisotopic (exact) mass is 244 g/mol. The largest absolute Gasteiger partial charge is 0.491 e. The highest BCUT2D eigenvalue weighted by Crippen LogP contribution is 2.28. The first-order valence-corrected chi connectivity index (χ1v) is 3.12. The number of hydrogen-bond donors (Lipinski definition) is 1. The van der Waals surface area contributed by atoms with Crippen molar-refractivity contribution in [2.75, 3.05) is 0 Å². The second-order valence-corrected chi connectivity index (χ2v) is 2.23. The van der Waals surface area contributed by atoms with E-state index in [0.717, 1.165) is 0 Å². The van der Waals surface area contributed by atoms with Gasteiger partial charge in [0, 0.05) is 0 Å². The Kier molecular flexibility index (Phi) is 3.91. The molecule has 0 amide bonds. The van der Waals surface area contributed by atoms with E-state index in [1.165, 1.54) is 0 Å². The van der Waals surface area contributed by atoms with Crippen molar-refractivity contribution in [2.24, 2.45) is 0 Å². The average molecular weight is 244 g/mol. The van der Waals surface area contributed by atoms with Crippen LogP contribution < -0.4 is 0 Å². The Bertz CT molecular complexity index is 235. The first-order valence-electron chi connectivity index (χ1n) is 3.12. The molecule has 0 bridgehead atoms. The van der Waals surface area contributed by atoms with E-state index in [0.29, 0.717) is 0 Å². The van der Waals surface area contributed by atoms with Crippen LogP contribution in [0.25, 0.3) is 0 Å². The minimum absolute atomic E-state index is 2.40. The van der Waals surface area contributed by atoms with Gasteiger partial charge in [0.25, 0.3) is 6.43 Å². The van der Waals surface area contributed by atoms with Gasteiger partial charge in [-0.25, -0.2) is 13.6 Å². The number of carbonyl (C=O) groups is 1. The molecule has 0 rings (SSSR count). The third-order valence-corrected chi connectivity index (χ3v) is 1.04. The quantitative estimate of drug-likeness (QED) is 0.601. The fraction of sp³-hybridized carbons (Fsp3) is 0.800. The number of carbonyl (C=O) groups excluding carboxylic acids is 1. The van der Waals surface area contributed by atoms with Crippen molar-refractivity contribution in [3.05, 3.63) is 0 Å². The standard InChI is InChI=1S/C5H3F7O3/c6-2(7)1(13)5(11,12)15-3(14)4(8,9)10/h1-2,13H. The maximum Gasteiger partial charge on any atom is 0.491 e. The predicted octanol–water partition coefficient (Wildman–Crippen LogP) is 1.31. The molecule has 0 saturated heterocycles. The number of rotatable bonds is 3. The third kappa shape index (κ3) is 3.90. The van der Waals surface area contributed by atoms with Gasteiger partial charge in [0.05, 0.1) is 0 Å². The van der Waals surface area contributed by atoms with Gasteiger partial charge in [-0.2, -0.15) is 22.0 Å². The molecule has 1 atom stereocenters. The van der Waals surface area contributed by atoms with Crippen LogP contribution >= 0.6 is 0 Å². The molecule has 0 aliphatic carbocycles. The summed E-state index contributed by atoms with van der Waals surface area (Å²) in [6, 6.07) is 0. The normalized spacial score (nSPS) is 15.3. The molecule has 0 aromatic heterocycles. The SMILES string of the molecule is O=C(OC(F)(F)C(O)C(F)F)C(F)(F)F. The van der Waals surface area contributed by atoms with Gasteiger partial charge in [-0.3, -0.25) is 0 Å². The van der Waals surface area contributed by atoms with E-state index in [4.69, 9.17) is 5.11 Å². The zero-order chi connectivity index (χ0) is 12.4. The minimum Gasteiger partial charge on any atom is -0.392 e. The summed E-state index contributed by atoms with van der Waals surface area (Å²) in [6.45, 7) is 0. The first-order chi connectivity index (χ1) is 6.48. The molecule has 10 heteroatoms. The topological polar surface area (TPSA) is 46.5 Å². The minimum atomic E-state index is -5.76. The molecule has 0 aliphatic rings. The Morgan fingerprint density at radius 2 is 1.53 bits per heavy atom. The lowest BCUT2D eigenvalue weighted by Crippen LogP contribution is -2.45. The van der Waals surface area contributed by atoms with Crippen LogP contribution in [0.5, 0.6) is 0 Å². The van der Waals surface area contributed by atoms with Crippen molar-refractivity contribution in [1.29, 1.82) is 0 Å². The molecule has 0 aliphatic heterocycles. The van der Waals surface area contributed by atoms with Crippen LogP contribution in [0.15, 0.2) is 0 Å². The lowest BCUT2D eigenvalue weighted by atomic mass is 10.3. The average Bonchev–Trinajstić information content (AvgIpc) is 2.00. The molecular weight excluding hydrogens is 241 g/mol. The van der Waals surface area contributed by atoms with Crippen LogP contribution in [-0.4, -0.2) is 35.9 Å². The molecule has 1 N–H and O–H groups in total. The number of esters is 1. The number of alkyl halides is 7. The van der Waals surface area contributed by atoms with Crippen LogP contribution in [0.2, 0.25) is 0 Å². The maximum absolute atomic E-state index is 12.2. The zero-order valence-electron chi connectivity index (χ0n) is 6.56. The van der Waals surface area contributed by atoms with Crippen LogP contribution in [-0.2, 0) is 9.53 Å². The van der Waals surface area contributed by atoms with E-state index < -0.39 is 30.8 Å². The van der Waals surface area contributed by atoms with Crippen molar-refractivity contribution >= 4 is 5.97 Å². The van der Waals surface area contributed by atoms with Gasteiger partial charge in [-0.05, 0) is 0 Å². The molecule has 0 spiro atoms. The van der Waals surface area contributed by atoms with Gasteiger partial charge in [0.2, 0.25) is 6.10 Å². The van der Waals surface area contributed by atoms with E-state index in [1.807, 2.05) is 0 Å². The molecule has 3 nitrogen and oxygen atoms in total. The van der Waals surface area contributed by atoms with Crippen molar-refractivity contribution in [3.63, 3.8) is 0 Å². The molecule has 0 aromatic rings. The smallest absolute Gasteiger partial charge is 0.392 e. The Morgan fingerprint density at radius 3 is 1.80 bits per heavy atom. The molecule has 0 heterocycles. The molecule has 90 valence electrons. The second-order valence-electron chi connectivity index (χ2n) is 2.23. The Hall–Kier alpha value is -1.06. The summed E-state index contributed by atoms with van der Waals surface area (Å²) < 4.78 is 83.8. The highest BCUT2D eigenvalue weighted by Gasteiger charge is 2.53. The van der Waals surface area contributed by atoms with Gasteiger partial charge in [-0.15, -0.1) is 0 Å². The highest BCUT2D eigenvalue weighted by atomic mass is 19.4. The Labute approximate surface area is 77.4 Å². The van der Waals surface area contributed by atoms with E-state index in [2.05, 4.69) is 4.74 Å². The van der Waals surface area contributed by atoms with Gasteiger partial charge >= 0.3 is 18.3 Å². The molecule has 15 heavy (non-hydrogen) atoms. The Morgan fingerprint density at radius 1 is 1.13 bits per heavy atom. The summed E-state index contributed by atoms with van der Waals surface area (Å²) in [6.07, 6.45) is -18.9. The molecule has 0 saturated carbocycles. The van der Waals surface area contributed by atoms with E-state index >= 15 is 0 Å². The molecule has 1 unspecified atom stereocenters. The molecule has 0 aromatic carbocycles. The van der Waals surface area contributed by atoms with Gasteiger partial charge < -0.3 is 9.84 Å². The number of hydrogen-bond acceptors (Lipinski definition) is 3. The fourth-order valence-electron chi connectivity index (χ4n) is 0.389. The highest BCUT2D eigenvalue weighted by molar-refractivity contribution is 5.75. The number of aliphatic hydroxyl groups is 1. The number of halogens is 7. The summed E-state index contributed by atoms with van der Waals surface area (Å²) in [5.74, 6) is -3.37. The lowest BCUT2D eigenvalue weighted by Gasteiger charge is -2.21. The zero-order valence-corrected chi connectivity index (χ0v) is 6.56. The van der Waals surface area contributed by atoms with Crippen molar-refractivity contribution < 1.29 is 45.4 Å².